The second-order valence-corrected chi connectivity index (χ2v) is 9.25. The van der Waals surface area contributed by atoms with Gasteiger partial charge in [0.25, 0.3) is 0 Å². The van der Waals surface area contributed by atoms with Gasteiger partial charge in [0.05, 0.1) is 0 Å². The molecule has 0 amide bonds. The standard InChI is InChI=1S/C21H35N2P/c1-16(2)22(17(3)4)24(23(18(5)6)19(7)8)15-14-21-12-10-20(9)11-13-21/h10-13,16-19H,1-9H3. The Kier molecular flexibility index (Phi) is 8.44. The van der Waals surface area contributed by atoms with E-state index in [1.807, 2.05) is 0 Å². The van der Waals surface area contributed by atoms with Crippen LogP contribution in [0.3, 0.4) is 0 Å². The largest absolute Gasteiger partial charge is 0.255 e. The maximum Gasteiger partial charge on any atom is 0.123 e. The molecule has 0 aliphatic rings. The molecular weight excluding hydrogens is 311 g/mol. The van der Waals surface area contributed by atoms with Gasteiger partial charge in [0, 0.05) is 29.7 Å². The topological polar surface area (TPSA) is 6.48 Å². The number of hydrogen-bond acceptors (Lipinski definition) is 2. The van der Waals surface area contributed by atoms with Gasteiger partial charge >= 0.3 is 0 Å². The lowest BCUT2D eigenvalue weighted by Gasteiger charge is -2.44. The average molecular weight is 346 g/mol. The van der Waals surface area contributed by atoms with E-state index in [0.717, 1.165) is 5.56 Å². The van der Waals surface area contributed by atoms with Gasteiger partial charge < -0.3 is 0 Å². The first kappa shape index (κ1) is 21.2. The molecule has 1 aromatic rings. The van der Waals surface area contributed by atoms with E-state index in [1.54, 1.807) is 0 Å². The third-order valence-electron chi connectivity index (χ3n) is 3.91. The molecule has 3 heteroatoms. The highest BCUT2D eigenvalue weighted by molar-refractivity contribution is 7.58. The van der Waals surface area contributed by atoms with Crippen molar-refractivity contribution in [3.63, 3.8) is 0 Å². The predicted octanol–water partition coefficient (Wildman–Crippen LogP) is 5.85. The Labute approximate surface area is 151 Å². The predicted molar refractivity (Wildman–Crippen MR) is 109 cm³/mol. The van der Waals surface area contributed by atoms with Crippen molar-refractivity contribution in [3.8, 4) is 11.6 Å². The van der Waals surface area contributed by atoms with Crippen molar-refractivity contribution in [2.45, 2.75) is 86.5 Å². The van der Waals surface area contributed by atoms with Gasteiger partial charge in [-0.3, -0.25) is 9.34 Å². The highest BCUT2D eigenvalue weighted by Crippen LogP contribution is 2.48. The van der Waals surface area contributed by atoms with Gasteiger partial charge in [0.1, 0.15) is 8.22 Å². The molecule has 0 bridgehead atoms. The Morgan fingerprint density at radius 2 is 1.08 bits per heavy atom. The smallest absolute Gasteiger partial charge is 0.123 e. The normalized spacial score (nSPS) is 12.2. The SMILES string of the molecule is Cc1ccc(C#CP(N(C(C)C)C(C)C)N(C(C)C)C(C)C)cc1. The van der Waals surface area contributed by atoms with Crippen LogP contribution in [0.25, 0.3) is 0 Å². The quantitative estimate of drug-likeness (QED) is 0.471. The van der Waals surface area contributed by atoms with E-state index in [4.69, 9.17) is 0 Å². The van der Waals surface area contributed by atoms with E-state index in [2.05, 4.69) is 108 Å². The highest BCUT2D eigenvalue weighted by atomic mass is 31.1. The van der Waals surface area contributed by atoms with Gasteiger partial charge in [0.2, 0.25) is 0 Å². The van der Waals surface area contributed by atoms with Crippen molar-refractivity contribution < 1.29 is 0 Å². The lowest BCUT2D eigenvalue weighted by molar-refractivity contribution is 0.261. The molecule has 0 aliphatic carbocycles. The van der Waals surface area contributed by atoms with Crippen molar-refractivity contribution in [3.05, 3.63) is 35.4 Å². The molecule has 0 aliphatic heterocycles. The van der Waals surface area contributed by atoms with Gasteiger partial charge in [-0.1, -0.05) is 23.6 Å². The van der Waals surface area contributed by atoms with Crippen molar-refractivity contribution in [1.82, 2.24) is 9.34 Å². The lowest BCUT2D eigenvalue weighted by atomic mass is 10.2. The Morgan fingerprint density at radius 1 is 0.708 bits per heavy atom. The van der Waals surface area contributed by atoms with Crippen molar-refractivity contribution >= 4 is 8.22 Å². The molecule has 2 nitrogen and oxygen atoms in total. The third kappa shape index (κ3) is 5.89. The molecule has 0 spiro atoms. The van der Waals surface area contributed by atoms with Crippen LogP contribution in [0.2, 0.25) is 0 Å². The Hall–Kier alpha value is -0.870. The van der Waals surface area contributed by atoms with E-state index in [9.17, 15) is 0 Å². The van der Waals surface area contributed by atoms with Gasteiger partial charge in [-0.05, 0) is 80.1 Å². The van der Waals surface area contributed by atoms with Crippen LogP contribution in [0, 0.1) is 18.5 Å². The number of aryl methyl sites for hydroxylation is 1. The summed E-state index contributed by atoms with van der Waals surface area (Å²) in [7, 11) is -0.671. The summed E-state index contributed by atoms with van der Waals surface area (Å²) in [6.07, 6.45) is 0. The fourth-order valence-electron chi connectivity index (χ4n) is 3.05. The Morgan fingerprint density at radius 3 is 1.42 bits per heavy atom. The van der Waals surface area contributed by atoms with Gasteiger partial charge in [-0.2, -0.15) is 0 Å². The number of rotatable bonds is 6. The summed E-state index contributed by atoms with van der Waals surface area (Å²) < 4.78 is 5.16. The fourth-order valence-corrected chi connectivity index (χ4v) is 5.50. The molecule has 0 fully saturated rings. The Balaban J connectivity index is 3.29. The van der Waals surface area contributed by atoms with Crippen LogP contribution >= 0.6 is 8.22 Å². The molecule has 0 saturated heterocycles. The molecule has 0 N–H and O–H groups in total. The van der Waals surface area contributed by atoms with Crippen molar-refractivity contribution in [1.29, 1.82) is 0 Å². The van der Waals surface area contributed by atoms with Crippen LogP contribution in [0.15, 0.2) is 24.3 Å². The summed E-state index contributed by atoms with van der Waals surface area (Å²) in [5.74, 6) is 3.45. The first-order chi connectivity index (χ1) is 11.1. The van der Waals surface area contributed by atoms with Crippen LogP contribution < -0.4 is 0 Å². The fraction of sp³-hybridized carbons (Fsp3) is 0.619. The molecule has 1 aromatic carbocycles. The third-order valence-corrected chi connectivity index (χ3v) is 6.94. The minimum absolute atomic E-state index is 0.475. The number of hydrogen-bond donors (Lipinski definition) is 0. The summed E-state index contributed by atoms with van der Waals surface area (Å²) in [5.41, 5.74) is 6.03. The van der Waals surface area contributed by atoms with Gasteiger partial charge in [-0.15, -0.1) is 0 Å². The van der Waals surface area contributed by atoms with E-state index in [1.165, 1.54) is 5.56 Å². The summed E-state index contributed by atoms with van der Waals surface area (Å²) in [6, 6.07) is 10.4. The molecule has 0 saturated carbocycles. The van der Waals surface area contributed by atoms with Crippen LogP contribution in [0.5, 0.6) is 0 Å². The van der Waals surface area contributed by atoms with Crippen LogP contribution in [-0.2, 0) is 0 Å². The second kappa shape index (κ2) is 9.57. The average Bonchev–Trinajstić information content (AvgIpc) is 2.44. The zero-order valence-corrected chi connectivity index (χ0v) is 17.9. The number of nitrogens with zero attached hydrogens (tertiary/aromatic N) is 2. The highest BCUT2D eigenvalue weighted by Gasteiger charge is 2.31. The molecule has 0 unspecified atom stereocenters. The van der Waals surface area contributed by atoms with Crippen molar-refractivity contribution in [2.75, 3.05) is 0 Å². The first-order valence-electron chi connectivity index (χ1n) is 9.10. The molecule has 1 rings (SSSR count). The van der Waals surface area contributed by atoms with Crippen LogP contribution in [0.4, 0.5) is 0 Å². The molecule has 134 valence electrons. The molecule has 0 heterocycles. The molecule has 24 heavy (non-hydrogen) atoms. The molecule has 0 radical (unpaired) electrons. The van der Waals surface area contributed by atoms with E-state index in [-0.39, 0.29) is 0 Å². The summed E-state index contributed by atoms with van der Waals surface area (Å²) in [6.45, 7) is 20.3. The maximum atomic E-state index is 3.65. The zero-order valence-electron chi connectivity index (χ0n) is 17.0. The summed E-state index contributed by atoms with van der Waals surface area (Å²) in [5, 5.41) is 0. The summed E-state index contributed by atoms with van der Waals surface area (Å²) in [4.78, 5) is 0. The van der Waals surface area contributed by atoms with E-state index < -0.39 is 8.22 Å². The minimum Gasteiger partial charge on any atom is -0.255 e. The van der Waals surface area contributed by atoms with Crippen molar-refractivity contribution in [2.24, 2.45) is 0 Å². The van der Waals surface area contributed by atoms with E-state index in [0.29, 0.717) is 24.2 Å². The van der Waals surface area contributed by atoms with Crippen LogP contribution in [0.1, 0.15) is 66.5 Å². The van der Waals surface area contributed by atoms with Gasteiger partial charge in [0.15, 0.2) is 0 Å². The monoisotopic (exact) mass is 346 g/mol. The number of benzene rings is 1. The summed E-state index contributed by atoms with van der Waals surface area (Å²) >= 11 is 0. The van der Waals surface area contributed by atoms with Crippen LogP contribution in [-0.4, -0.2) is 33.5 Å². The second-order valence-electron chi connectivity index (χ2n) is 7.53. The maximum absolute atomic E-state index is 3.65. The van der Waals surface area contributed by atoms with E-state index >= 15 is 0 Å². The Bertz CT molecular complexity index is 513. The molecular formula is C21H35N2P. The zero-order chi connectivity index (χ0) is 18.4. The molecule has 0 aromatic heterocycles. The first-order valence-corrected chi connectivity index (χ1v) is 10.3. The lowest BCUT2D eigenvalue weighted by Crippen LogP contribution is -2.42. The van der Waals surface area contributed by atoms with Gasteiger partial charge in [-0.25, -0.2) is 0 Å². The minimum atomic E-state index is -0.671. The molecule has 0 atom stereocenters.